The molecule has 6 heteroatoms. The zero-order valence-corrected chi connectivity index (χ0v) is 20.4. The molecule has 5 nitrogen and oxygen atoms in total. The van der Waals surface area contributed by atoms with Crippen molar-refractivity contribution in [2.24, 2.45) is 0 Å². The molecule has 0 radical (unpaired) electrons. The minimum Gasteiger partial charge on any atom is -0.494 e. The molecule has 1 heterocycles. The number of halogens is 1. The molecule has 176 valence electrons. The number of aromatic nitrogens is 2. The highest BCUT2D eigenvalue weighted by atomic mass is 35.5. The summed E-state index contributed by atoms with van der Waals surface area (Å²) in [4.78, 5) is 17.3. The average molecular weight is 476 g/mol. The van der Waals surface area contributed by atoms with Gasteiger partial charge < -0.3 is 14.6 Å². The van der Waals surface area contributed by atoms with Crippen molar-refractivity contribution in [3.63, 3.8) is 0 Å². The van der Waals surface area contributed by atoms with Crippen LogP contribution in [-0.4, -0.2) is 22.1 Å². The number of aryl methyl sites for hydroxylation is 1. The van der Waals surface area contributed by atoms with E-state index in [9.17, 15) is 4.79 Å². The van der Waals surface area contributed by atoms with E-state index in [2.05, 4.69) is 41.9 Å². The number of amides is 1. The fourth-order valence-electron chi connectivity index (χ4n) is 3.88. The summed E-state index contributed by atoms with van der Waals surface area (Å²) in [5, 5.41) is 3.59. The number of para-hydroxylation sites is 2. The van der Waals surface area contributed by atoms with Crippen molar-refractivity contribution in [2.45, 2.75) is 45.7 Å². The van der Waals surface area contributed by atoms with Crippen molar-refractivity contribution in [1.29, 1.82) is 0 Å². The Bertz CT molecular complexity index is 1230. The highest BCUT2D eigenvalue weighted by Gasteiger charge is 2.12. The van der Waals surface area contributed by atoms with Crippen LogP contribution in [0.5, 0.6) is 5.75 Å². The zero-order valence-electron chi connectivity index (χ0n) is 19.6. The molecule has 0 aliphatic heterocycles. The second kappa shape index (κ2) is 11.2. The van der Waals surface area contributed by atoms with Crippen LogP contribution in [0, 0.1) is 0 Å². The molecule has 4 rings (SSSR count). The van der Waals surface area contributed by atoms with Gasteiger partial charge in [0.15, 0.2) is 0 Å². The zero-order chi connectivity index (χ0) is 23.9. The molecule has 4 aromatic rings. The molecule has 3 aromatic carbocycles. The van der Waals surface area contributed by atoms with E-state index in [0.717, 1.165) is 42.0 Å². The summed E-state index contributed by atoms with van der Waals surface area (Å²) in [6, 6.07) is 23.3. The van der Waals surface area contributed by atoms with Gasteiger partial charge in [0.05, 0.1) is 24.2 Å². The number of imidazole rings is 1. The van der Waals surface area contributed by atoms with E-state index in [-0.39, 0.29) is 5.91 Å². The third kappa shape index (κ3) is 5.97. The van der Waals surface area contributed by atoms with Crippen LogP contribution in [0.3, 0.4) is 0 Å². The molecular formula is C28H30ClN3O2. The minimum atomic E-state index is -0.146. The van der Waals surface area contributed by atoms with E-state index in [1.54, 1.807) is 24.3 Å². The van der Waals surface area contributed by atoms with E-state index >= 15 is 0 Å². The molecule has 0 unspecified atom stereocenters. The van der Waals surface area contributed by atoms with Crippen LogP contribution in [-0.2, 0) is 13.1 Å². The maximum Gasteiger partial charge on any atom is 0.251 e. The Morgan fingerprint density at radius 3 is 2.47 bits per heavy atom. The van der Waals surface area contributed by atoms with Gasteiger partial charge in [-0.3, -0.25) is 4.79 Å². The van der Waals surface area contributed by atoms with Gasteiger partial charge in [-0.05, 0) is 72.9 Å². The minimum absolute atomic E-state index is 0.146. The SMILES string of the molecule is CC(C)c1ccc(OCCCCn2c(CNC(=O)c3ccc(Cl)cc3)nc3ccccc32)cc1. The van der Waals surface area contributed by atoms with Crippen LogP contribution >= 0.6 is 11.6 Å². The highest BCUT2D eigenvalue weighted by molar-refractivity contribution is 6.30. The molecule has 1 amide bonds. The van der Waals surface area contributed by atoms with Gasteiger partial charge in [0.25, 0.3) is 5.91 Å². The summed E-state index contributed by atoms with van der Waals surface area (Å²) in [5.74, 6) is 2.12. The molecule has 0 saturated heterocycles. The molecule has 0 fully saturated rings. The Morgan fingerprint density at radius 1 is 1.00 bits per heavy atom. The van der Waals surface area contributed by atoms with Crippen molar-refractivity contribution in [2.75, 3.05) is 6.61 Å². The Morgan fingerprint density at radius 2 is 1.74 bits per heavy atom. The third-order valence-corrected chi connectivity index (χ3v) is 6.09. The first kappa shape index (κ1) is 23.8. The third-order valence-electron chi connectivity index (χ3n) is 5.84. The van der Waals surface area contributed by atoms with Crippen molar-refractivity contribution >= 4 is 28.5 Å². The average Bonchev–Trinajstić information content (AvgIpc) is 3.20. The van der Waals surface area contributed by atoms with Gasteiger partial charge in [0, 0.05) is 17.1 Å². The number of rotatable bonds is 10. The summed E-state index contributed by atoms with van der Waals surface area (Å²) >= 11 is 5.92. The van der Waals surface area contributed by atoms with Gasteiger partial charge >= 0.3 is 0 Å². The summed E-state index contributed by atoms with van der Waals surface area (Å²) in [7, 11) is 0. The largest absolute Gasteiger partial charge is 0.494 e. The van der Waals surface area contributed by atoms with Gasteiger partial charge in [-0.1, -0.05) is 49.7 Å². The van der Waals surface area contributed by atoms with Crippen LogP contribution in [0.4, 0.5) is 0 Å². The molecule has 0 bridgehead atoms. The number of benzene rings is 3. The number of carbonyl (C=O) groups excluding carboxylic acids is 1. The Kier molecular flexibility index (Phi) is 7.86. The molecular weight excluding hydrogens is 446 g/mol. The first-order chi connectivity index (χ1) is 16.5. The normalized spacial score (nSPS) is 11.2. The predicted octanol–water partition coefficient (Wildman–Crippen LogP) is 6.60. The number of carbonyl (C=O) groups is 1. The van der Waals surface area contributed by atoms with E-state index < -0.39 is 0 Å². The lowest BCUT2D eigenvalue weighted by Crippen LogP contribution is -2.24. The van der Waals surface area contributed by atoms with Gasteiger partial charge in [0.2, 0.25) is 0 Å². The first-order valence-electron chi connectivity index (χ1n) is 11.7. The lowest BCUT2D eigenvalue weighted by molar-refractivity contribution is 0.0949. The molecule has 0 saturated carbocycles. The molecule has 1 aromatic heterocycles. The molecule has 0 aliphatic rings. The summed E-state index contributed by atoms with van der Waals surface area (Å²) in [5.41, 5.74) is 3.89. The molecule has 1 N–H and O–H groups in total. The maximum absolute atomic E-state index is 12.5. The van der Waals surface area contributed by atoms with Crippen LogP contribution in [0.25, 0.3) is 11.0 Å². The lowest BCUT2D eigenvalue weighted by atomic mass is 10.0. The van der Waals surface area contributed by atoms with Crippen LogP contribution in [0.1, 0.15) is 54.4 Å². The van der Waals surface area contributed by atoms with Crippen LogP contribution < -0.4 is 10.1 Å². The monoisotopic (exact) mass is 475 g/mol. The lowest BCUT2D eigenvalue weighted by Gasteiger charge is -2.11. The summed E-state index contributed by atoms with van der Waals surface area (Å²) in [6.07, 6.45) is 1.87. The van der Waals surface area contributed by atoms with Crippen LogP contribution in [0.15, 0.2) is 72.8 Å². The molecule has 0 atom stereocenters. The van der Waals surface area contributed by atoms with Gasteiger partial charge in [-0.25, -0.2) is 4.98 Å². The number of ether oxygens (including phenoxy) is 1. The number of nitrogens with zero attached hydrogens (tertiary/aromatic N) is 2. The van der Waals surface area contributed by atoms with E-state index in [4.69, 9.17) is 21.3 Å². The smallest absolute Gasteiger partial charge is 0.251 e. The van der Waals surface area contributed by atoms with Crippen molar-refractivity contribution in [3.05, 3.63) is 94.8 Å². The van der Waals surface area contributed by atoms with Crippen molar-refractivity contribution in [1.82, 2.24) is 14.9 Å². The number of nitrogens with one attached hydrogen (secondary N) is 1. The van der Waals surface area contributed by atoms with Gasteiger partial charge in [0.1, 0.15) is 11.6 Å². The van der Waals surface area contributed by atoms with Gasteiger partial charge in [-0.15, -0.1) is 0 Å². The van der Waals surface area contributed by atoms with E-state index in [1.807, 2.05) is 30.3 Å². The topological polar surface area (TPSA) is 56.1 Å². The van der Waals surface area contributed by atoms with Crippen LogP contribution in [0.2, 0.25) is 5.02 Å². The number of unbranched alkanes of at least 4 members (excludes halogenated alkanes) is 1. The molecule has 34 heavy (non-hydrogen) atoms. The number of fused-ring (bicyclic) bond motifs is 1. The second-order valence-corrected chi connectivity index (χ2v) is 9.07. The Hall–Kier alpha value is -3.31. The number of hydrogen-bond donors (Lipinski definition) is 1. The summed E-state index contributed by atoms with van der Waals surface area (Å²) in [6.45, 7) is 6.20. The maximum atomic E-state index is 12.5. The first-order valence-corrected chi connectivity index (χ1v) is 12.1. The predicted molar refractivity (Wildman–Crippen MR) is 138 cm³/mol. The second-order valence-electron chi connectivity index (χ2n) is 8.64. The Balaban J connectivity index is 1.34. The highest BCUT2D eigenvalue weighted by Crippen LogP contribution is 2.20. The van der Waals surface area contributed by atoms with E-state index in [1.165, 1.54) is 5.56 Å². The summed E-state index contributed by atoms with van der Waals surface area (Å²) < 4.78 is 8.11. The van der Waals surface area contributed by atoms with Crippen molar-refractivity contribution < 1.29 is 9.53 Å². The van der Waals surface area contributed by atoms with Crippen molar-refractivity contribution in [3.8, 4) is 5.75 Å². The Labute approximate surface area is 205 Å². The molecule has 0 aliphatic carbocycles. The number of hydrogen-bond acceptors (Lipinski definition) is 3. The fraction of sp³-hybridized carbons (Fsp3) is 0.286. The van der Waals surface area contributed by atoms with E-state index in [0.29, 0.717) is 29.7 Å². The quantitative estimate of drug-likeness (QED) is 0.263. The fourth-order valence-corrected chi connectivity index (χ4v) is 4.01. The molecule has 0 spiro atoms. The standard InChI is InChI=1S/C28H30ClN3O2/c1-20(2)21-11-15-24(16-12-21)34-18-6-5-17-32-26-8-4-3-7-25(26)31-27(32)19-30-28(33)22-9-13-23(29)14-10-22/h3-4,7-16,20H,5-6,17-19H2,1-2H3,(H,30,33). The van der Waals surface area contributed by atoms with Gasteiger partial charge in [-0.2, -0.15) is 0 Å².